The van der Waals surface area contributed by atoms with Gasteiger partial charge in [0, 0.05) is 17.1 Å². The molecule has 0 spiro atoms. The van der Waals surface area contributed by atoms with Crippen molar-refractivity contribution < 1.29 is 14.3 Å². The monoisotopic (exact) mass is 402 g/mol. The summed E-state index contributed by atoms with van der Waals surface area (Å²) in [7, 11) is 0. The number of nitrogens with zero attached hydrogens (tertiary/aromatic N) is 1. The van der Waals surface area contributed by atoms with Crippen molar-refractivity contribution in [2.75, 3.05) is 6.61 Å². The summed E-state index contributed by atoms with van der Waals surface area (Å²) in [6, 6.07) is 19.8. The number of para-hydroxylation sites is 1. The zero-order valence-electron chi connectivity index (χ0n) is 17.4. The predicted molar refractivity (Wildman–Crippen MR) is 116 cm³/mol. The molecule has 2 aromatic carbocycles. The number of rotatable bonds is 5. The van der Waals surface area contributed by atoms with E-state index in [-0.39, 0.29) is 18.6 Å². The maximum atomic E-state index is 12.6. The molecule has 3 aromatic rings. The lowest BCUT2D eigenvalue weighted by molar-refractivity contribution is -0.125. The maximum absolute atomic E-state index is 12.6. The second-order valence-electron chi connectivity index (χ2n) is 7.74. The Balaban J connectivity index is 1.40. The van der Waals surface area contributed by atoms with Gasteiger partial charge in [0.25, 0.3) is 5.91 Å². The summed E-state index contributed by atoms with van der Waals surface area (Å²) < 4.78 is 7.35. The summed E-state index contributed by atoms with van der Waals surface area (Å²) in [4.78, 5) is 25.1. The Bertz CT molecular complexity index is 1070. The van der Waals surface area contributed by atoms with Crippen LogP contribution in [0.5, 0.6) is 0 Å². The first-order valence-corrected chi connectivity index (χ1v) is 10.3. The van der Waals surface area contributed by atoms with Crippen molar-refractivity contribution in [3.05, 3.63) is 88.7 Å². The maximum Gasteiger partial charge on any atom is 0.340 e. The molecule has 5 heteroatoms. The molecular formula is C25H26N2O3. The van der Waals surface area contributed by atoms with Crippen LogP contribution in [-0.2, 0) is 16.0 Å². The molecule has 1 unspecified atom stereocenters. The third-order valence-corrected chi connectivity index (χ3v) is 5.70. The molecule has 1 amide bonds. The van der Waals surface area contributed by atoms with E-state index in [1.165, 1.54) is 5.56 Å². The lowest BCUT2D eigenvalue weighted by Crippen LogP contribution is -2.34. The number of esters is 1. The van der Waals surface area contributed by atoms with Crippen molar-refractivity contribution in [3.63, 3.8) is 0 Å². The van der Waals surface area contributed by atoms with Crippen LogP contribution in [0, 0.1) is 13.8 Å². The summed E-state index contributed by atoms with van der Waals surface area (Å²) in [6.07, 6.45) is 2.97. The lowest BCUT2D eigenvalue weighted by Gasteiger charge is -2.26. The number of hydrogen-bond acceptors (Lipinski definition) is 3. The number of amides is 1. The van der Waals surface area contributed by atoms with Gasteiger partial charge in [-0.25, -0.2) is 4.79 Å². The number of hydrogen-bond donors (Lipinski definition) is 1. The highest BCUT2D eigenvalue weighted by molar-refractivity contribution is 5.93. The molecule has 1 atom stereocenters. The van der Waals surface area contributed by atoms with Gasteiger partial charge in [-0.3, -0.25) is 4.79 Å². The third kappa shape index (κ3) is 4.01. The quantitative estimate of drug-likeness (QED) is 0.642. The summed E-state index contributed by atoms with van der Waals surface area (Å²) >= 11 is 0. The Morgan fingerprint density at radius 1 is 1.07 bits per heavy atom. The minimum Gasteiger partial charge on any atom is -0.452 e. The number of benzene rings is 2. The number of fused-ring (bicyclic) bond motifs is 1. The van der Waals surface area contributed by atoms with Crippen molar-refractivity contribution >= 4 is 11.9 Å². The molecule has 1 heterocycles. The van der Waals surface area contributed by atoms with E-state index in [2.05, 4.69) is 17.4 Å². The summed E-state index contributed by atoms with van der Waals surface area (Å²) in [6.45, 7) is 3.55. The molecule has 0 saturated heterocycles. The van der Waals surface area contributed by atoms with Crippen LogP contribution in [0.2, 0.25) is 0 Å². The molecule has 5 nitrogen and oxygen atoms in total. The topological polar surface area (TPSA) is 60.3 Å². The molecule has 30 heavy (non-hydrogen) atoms. The van der Waals surface area contributed by atoms with E-state index < -0.39 is 5.97 Å². The van der Waals surface area contributed by atoms with Crippen molar-refractivity contribution in [2.45, 2.75) is 39.2 Å². The Kier molecular flexibility index (Phi) is 5.70. The highest BCUT2D eigenvalue weighted by Gasteiger charge is 2.23. The minimum absolute atomic E-state index is 0.0238. The van der Waals surface area contributed by atoms with E-state index in [1.54, 1.807) is 6.07 Å². The average molecular weight is 402 g/mol. The SMILES string of the molecule is Cc1cc(C(=O)OCC(=O)NC2CCCc3ccccc32)c(C)n1-c1ccccc1. The molecule has 0 radical (unpaired) electrons. The Labute approximate surface area is 176 Å². The fraction of sp³-hybridized carbons (Fsp3) is 0.280. The number of ether oxygens (including phenoxy) is 1. The van der Waals surface area contributed by atoms with E-state index >= 15 is 0 Å². The number of nitrogens with one attached hydrogen (secondary N) is 1. The van der Waals surface area contributed by atoms with Crippen LogP contribution in [0.25, 0.3) is 5.69 Å². The normalized spacial score (nSPS) is 15.3. The van der Waals surface area contributed by atoms with Gasteiger partial charge in [-0.15, -0.1) is 0 Å². The molecular weight excluding hydrogens is 376 g/mol. The fourth-order valence-corrected chi connectivity index (χ4v) is 4.29. The number of aromatic nitrogens is 1. The van der Waals surface area contributed by atoms with Gasteiger partial charge in [0.15, 0.2) is 6.61 Å². The largest absolute Gasteiger partial charge is 0.452 e. The smallest absolute Gasteiger partial charge is 0.340 e. The Morgan fingerprint density at radius 3 is 2.60 bits per heavy atom. The Morgan fingerprint density at radius 2 is 1.80 bits per heavy atom. The molecule has 1 aliphatic carbocycles. The number of carbonyl (C=O) groups is 2. The summed E-state index contributed by atoms with van der Waals surface area (Å²) in [5.74, 6) is -0.758. The van der Waals surface area contributed by atoms with E-state index in [4.69, 9.17) is 4.74 Å². The van der Waals surface area contributed by atoms with E-state index in [0.29, 0.717) is 5.56 Å². The second-order valence-corrected chi connectivity index (χ2v) is 7.74. The fourth-order valence-electron chi connectivity index (χ4n) is 4.29. The highest BCUT2D eigenvalue weighted by atomic mass is 16.5. The standard InChI is InChI=1S/C25H26N2O3/c1-17-15-22(18(2)27(17)20-11-4-3-5-12-20)25(29)30-16-24(28)26-23-14-8-10-19-9-6-7-13-21(19)23/h3-7,9,11-13,15,23H,8,10,14,16H2,1-2H3,(H,26,28). The first-order chi connectivity index (χ1) is 14.5. The first-order valence-electron chi connectivity index (χ1n) is 10.3. The van der Waals surface area contributed by atoms with Crippen LogP contribution in [0.1, 0.15) is 51.8 Å². The molecule has 4 rings (SSSR count). The van der Waals surface area contributed by atoms with Crippen LogP contribution >= 0.6 is 0 Å². The van der Waals surface area contributed by atoms with Crippen molar-refractivity contribution in [1.82, 2.24) is 9.88 Å². The minimum atomic E-state index is -0.482. The van der Waals surface area contributed by atoms with Gasteiger partial charge in [-0.1, -0.05) is 42.5 Å². The highest BCUT2D eigenvalue weighted by Crippen LogP contribution is 2.29. The van der Waals surface area contributed by atoms with Crippen LogP contribution in [0.15, 0.2) is 60.7 Å². The molecule has 0 aliphatic heterocycles. The molecule has 154 valence electrons. The zero-order chi connectivity index (χ0) is 21.1. The molecule has 1 aliphatic rings. The molecule has 0 saturated carbocycles. The average Bonchev–Trinajstić information content (AvgIpc) is 3.07. The second kappa shape index (κ2) is 8.57. The summed E-state index contributed by atoms with van der Waals surface area (Å²) in [5, 5.41) is 3.02. The van der Waals surface area contributed by atoms with Crippen LogP contribution in [0.3, 0.4) is 0 Å². The van der Waals surface area contributed by atoms with Crippen LogP contribution in [-0.4, -0.2) is 23.1 Å². The molecule has 0 bridgehead atoms. The van der Waals surface area contributed by atoms with Crippen molar-refractivity contribution in [2.24, 2.45) is 0 Å². The van der Waals surface area contributed by atoms with Gasteiger partial charge < -0.3 is 14.6 Å². The lowest BCUT2D eigenvalue weighted by atomic mass is 9.88. The molecule has 0 fully saturated rings. The van der Waals surface area contributed by atoms with Crippen LogP contribution < -0.4 is 5.32 Å². The van der Waals surface area contributed by atoms with Crippen molar-refractivity contribution in [3.8, 4) is 5.69 Å². The van der Waals surface area contributed by atoms with Gasteiger partial charge in [0.05, 0.1) is 11.6 Å². The Hall–Kier alpha value is -3.34. The third-order valence-electron chi connectivity index (χ3n) is 5.70. The van der Waals surface area contributed by atoms with Gasteiger partial charge in [-0.2, -0.15) is 0 Å². The number of aryl methyl sites for hydroxylation is 2. The van der Waals surface area contributed by atoms with E-state index in [9.17, 15) is 9.59 Å². The van der Waals surface area contributed by atoms with Crippen LogP contribution in [0.4, 0.5) is 0 Å². The van der Waals surface area contributed by atoms with Gasteiger partial charge in [0.1, 0.15) is 0 Å². The first kappa shape index (κ1) is 20.0. The van der Waals surface area contributed by atoms with Gasteiger partial charge in [-0.05, 0) is 62.4 Å². The van der Waals surface area contributed by atoms with Gasteiger partial charge in [0.2, 0.25) is 0 Å². The van der Waals surface area contributed by atoms with Crippen molar-refractivity contribution in [1.29, 1.82) is 0 Å². The van der Waals surface area contributed by atoms with E-state index in [0.717, 1.165) is 41.9 Å². The van der Waals surface area contributed by atoms with E-state index in [1.807, 2.05) is 60.9 Å². The molecule has 1 aromatic heterocycles. The molecule has 1 N–H and O–H groups in total. The number of carbonyl (C=O) groups excluding carboxylic acids is 2. The zero-order valence-corrected chi connectivity index (χ0v) is 17.4. The predicted octanol–water partition coefficient (Wildman–Crippen LogP) is 4.44. The van der Waals surface area contributed by atoms with Gasteiger partial charge >= 0.3 is 5.97 Å². The summed E-state index contributed by atoms with van der Waals surface area (Å²) in [5.41, 5.74) is 5.64.